The van der Waals surface area contributed by atoms with Gasteiger partial charge in [0.15, 0.2) is 0 Å². The summed E-state index contributed by atoms with van der Waals surface area (Å²) in [6, 6.07) is 9.97. The van der Waals surface area contributed by atoms with E-state index in [-0.39, 0.29) is 11.5 Å². The van der Waals surface area contributed by atoms with Gasteiger partial charge in [0.2, 0.25) is 0 Å². The van der Waals surface area contributed by atoms with E-state index in [1.54, 1.807) is 0 Å². The molecule has 122 valence electrons. The number of likely N-dealkylation sites (tertiary alicyclic amines) is 1. The molecule has 0 bridgehead atoms. The highest BCUT2D eigenvalue weighted by molar-refractivity contribution is 5.80. The van der Waals surface area contributed by atoms with Gasteiger partial charge in [-0.3, -0.25) is 9.69 Å². The van der Waals surface area contributed by atoms with E-state index < -0.39 is 5.97 Å². The minimum absolute atomic E-state index is 0.181. The van der Waals surface area contributed by atoms with Crippen LogP contribution in [0.25, 0.3) is 10.9 Å². The SMILES string of the molecule is O=C(O)[C@H]1CC2(CCNCC2)CN1Cc1cc2ccccc2[nH]1. The molecule has 4 rings (SSSR count). The van der Waals surface area contributed by atoms with Gasteiger partial charge < -0.3 is 15.4 Å². The van der Waals surface area contributed by atoms with Crippen molar-refractivity contribution < 1.29 is 9.90 Å². The Hall–Kier alpha value is -1.85. The van der Waals surface area contributed by atoms with Gasteiger partial charge in [-0.25, -0.2) is 0 Å². The summed E-state index contributed by atoms with van der Waals surface area (Å²) < 4.78 is 0. The van der Waals surface area contributed by atoms with Crippen molar-refractivity contribution in [1.82, 2.24) is 15.2 Å². The second-order valence-corrected chi connectivity index (χ2v) is 7.09. The lowest BCUT2D eigenvalue weighted by Gasteiger charge is -2.33. The van der Waals surface area contributed by atoms with E-state index in [0.717, 1.165) is 50.1 Å². The number of rotatable bonds is 3. The molecule has 0 aliphatic carbocycles. The molecule has 2 saturated heterocycles. The first-order valence-corrected chi connectivity index (χ1v) is 8.39. The fourth-order valence-electron chi connectivity index (χ4n) is 4.31. The lowest BCUT2D eigenvalue weighted by molar-refractivity contribution is -0.142. The normalized spacial score (nSPS) is 24.4. The number of carboxylic acids is 1. The van der Waals surface area contributed by atoms with Gasteiger partial charge in [-0.1, -0.05) is 18.2 Å². The molecule has 2 fully saturated rings. The van der Waals surface area contributed by atoms with Crippen molar-refractivity contribution in [3.8, 4) is 0 Å². The van der Waals surface area contributed by atoms with E-state index in [4.69, 9.17) is 0 Å². The zero-order valence-electron chi connectivity index (χ0n) is 13.2. The number of hydrogen-bond donors (Lipinski definition) is 3. The highest BCUT2D eigenvalue weighted by Crippen LogP contribution is 2.42. The third-order valence-electron chi connectivity index (χ3n) is 5.51. The maximum absolute atomic E-state index is 11.7. The molecular weight excluding hydrogens is 290 g/mol. The molecule has 0 unspecified atom stereocenters. The fourth-order valence-corrected chi connectivity index (χ4v) is 4.31. The molecule has 1 spiro atoms. The number of fused-ring (bicyclic) bond motifs is 1. The Morgan fingerprint density at radius 1 is 1.30 bits per heavy atom. The van der Waals surface area contributed by atoms with Crippen molar-refractivity contribution >= 4 is 16.9 Å². The number of para-hydroxylation sites is 1. The van der Waals surface area contributed by atoms with Crippen molar-refractivity contribution in [2.24, 2.45) is 5.41 Å². The first kappa shape index (κ1) is 14.7. The minimum Gasteiger partial charge on any atom is -0.480 e. The van der Waals surface area contributed by atoms with Crippen molar-refractivity contribution in [2.45, 2.75) is 31.8 Å². The van der Waals surface area contributed by atoms with Crippen molar-refractivity contribution in [3.63, 3.8) is 0 Å². The zero-order valence-corrected chi connectivity index (χ0v) is 13.2. The summed E-state index contributed by atoms with van der Waals surface area (Å²) in [5.74, 6) is -0.684. The van der Waals surface area contributed by atoms with Gasteiger partial charge in [-0.15, -0.1) is 0 Å². The Kier molecular flexibility index (Phi) is 3.62. The number of hydrogen-bond acceptors (Lipinski definition) is 3. The molecule has 1 aromatic carbocycles. The van der Waals surface area contributed by atoms with Crippen LogP contribution in [0, 0.1) is 5.41 Å². The van der Waals surface area contributed by atoms with Crippen LogP contribution in [0.5, 0.6) is 0 Å². The summed E-state index contributed by atoms with van der Waals surface area (Å²) in [4.78, 5) is 17.3. The van der Waals surface area contributed by atoms with Gasteiger partial charge in [0.05, 0.1) is 0 Å². The number of H-pyrrole nitrogens is 1. The Morgan fingerprint density at radius 2 is 2.09 bits per heavy atom. The van der Waals surface area contributed by atoms with E-state index >= 15 is 0 Å². The molecule has 1 atom stereocenters. The van der Waals surface area contributed by atoms with Gasteiger partial charge in [0.25, 0.3) is 0 Å². The zero-order chi connectivity index (χ0) is 15.9. The van der Waals surface area contributed by atoms with E-state index in [1.807, 2.05) is 12.1 Å². The van der Waals surface area contributed by atoms with Gasteiger partial charge in [0, 0.05) is 24.3 Å². The van der Waals surface area contributed by atoms with E-state index in [9.17, 15) is 9.90 Å². The summed E-state index contributed by atoms with van der Waals surface area (Å²) in [6.45, 7) is 3.58. The largest absolute Gasteiger partial charge is 0.480 e. The molecule has 0 amide bonds. The van der Waals surface area contributed by atoms with Crippen molar-refractivity contribution in [3.05, 3.63) is 36.0 Å². The summed E-state index contributed by atoms with van der Waals surface area (Å²) in [5.41, 5.74) is 2.40. The van der Waals surface area contributed by atoms with E-state index in [0.29, 0.717) is 6.54 Å². The van der Waals surface area contributed by atoms with E-state index in [1.165, 1.54) is 5.39 Å². The van der Waals surface area contributed by atoms with Gasteiger partial charge >= 0.3 is 5.97 Å². The molecule has 3 N–H and O–H groups in total. The van der Waals surface area contributed by atoms with Gasteiger partial charge in [-0.2, -0.15) is 0 Å². The molecule has 3 heterocycles. The fraction of sp³-hybridized carbons (Fsp3) is 0.500. The number of aromatic amines is 1. The molecule has 2 aliphatic rings. The molecule has 2 aliphatic heterocycles. The Balaban J connectivity index is 1.57. The quantitative estimate of drug-likeness (QED) is 0.812. The van der Waals surface area contributed by atoms with Crippen LogP contribution in [0.3, 0.4) is 0 Å². The average Bonchev–Trinajstić information content (AvgIpc) is 3.09. The minimum atomic E-state index is -0.684. The number of carboxylic acid groups (broad SMARTS) is 1. The molecule has 0 radical (unpaired) electrons. The van der Waals surface area contributed by atoms with Gasteiger partial charge in [-0.05, 0) is 55.3 Å². The van der Waals surface area contributed by atoms with Crippen molar-refractivity contribution in [2.75, 3.05) is 19.6 Å². The Bertz CT molecular complexity index is 685. The molecule has 1 aromatic heterocycles. The smallest absolute Gasteiger partial charge is 0.320 e. The van der Waals surface area contributed by atoms with Gasteiger partial charge in [0.1, 0.15) is 6.04 Å². The van der Waals surface area contributed by atoms with Crippen LogP contribution in [-0.4, -0.2) is 46.6 Å². The molecular formula is C18H23N3O2. The summed E-state index contributed by atoms with van der Waals surface area (Å²) in [7, 11) is 0. The summed E-state index contributed by atoms with van der Waals surface area (Å²) in [5, 5.41) is 14.2. The number of piperidine rings is 1. The Morgan fingerprint density at radius 3 is 2.83 bits per heavy atom. The predicted octanol–water partition coefficient (Wildman–Crippen LogP) is 2.20. The van der Waals surface area contributed by atoms with Crippen LogP contribution in [0.1, 0.15) is 25.0 Å². The monoisotopic (exact) mass is 313 g/mol. The van der Waals surface area contributed by atoms with E-state index in [2.05, 4.69) is 33.4 Å². The molecule has 5 heteroatoms. The summed E-state index contributed by atoms with van der Waals surface area (Å²) >= 11 is 0. The molecule has 5 nitrogen and oxygen atoms in total. The second-order valence-electron chi connectivity index (χ2n) is 7.09. The van der Waals surface area contributed by atoms with Crippen LogP contribution in [0.4, 0.5) is 0 Å². The van der Waals surface area contributed by atoms with Crippen LogP contribution in [0.15, 0.2) is 30.3 Å². The maximum Gasteiger partial charge on any atom is 0.320 e. The van der Waals surface area contributed by atoms with Crippen LogP contribution >= 0.6 is 0 Å². The number of carbonyl (C=O) groups is 1. The lowest BCUT2D eigenvalue weighted by Crippen LogP contribution is -2.38. The number of benzene rings is 1. The Labute approximate surface area is 135 Å². The lowest BCUT2D eigenvalue weighted by atomic mass is 9.77. The van der Waals surface area contributed by atoms with Crippen molar-refractivity contribution in [1.29, 1.82) is 0 Å². The molecule has 23 heavy (non-hydrogen) atoms. The number of nitrogens with one attached hydrogen (secondary N) is 2. The number of aromatic nitrogens is 1. The highest BCUT2D eigenvalue weighted by Gasteiger charge is 2.47. The average molecular weight is 313 g/mol. The second kappa shape index (κ2) is 5.65. The summed E-state index contributed by atoms with van der Waals surface area (Å²) in [6.07, 6.45) is 2.95. The predicted molar refractivity (Wildman–Crippen MR) is 89.3 cm³/mol. The number of nitrogens with zero attached hydrogens (tertiary/aromatic N) is 1. The first-order valence-electron chi connectivity index (χ1n) is 8.39. The van der Waals surface area contributed by atoms with Crippen LogP contribution in [0.2, 0.25) is 0 Å². The van der Waals surface area contributed by atoms with Crippen LogP contribution < -0.4 is 5.32 Å². The standard InChI is InChI=1S/C18H23N3O2/c22-17(23)16-10-18(5-7-19-8-6-18)12-21(16)11-14-9-13-3-1-2-4-15(13)20-14/h1-4,9,16,19-20H,5-8,10-12H2,(H,22,23)/t16-/m1/s1. The topological polar surface area (TPSA) is 68.4 Å². The van der Waals surface area contributed by atoms with Crippen LogP contribution in [-0.2, 0) is 11.3 Å². The molecule has 0 saturated carbocycles. The third kappa shape index (κ3) is 2.75. The maximum atomic E-state index is 11.7. The molecule has 2 aromatic rings. The highest BCUT2D eigenvalue weighted by atomic mass is 16.4. The number of aliphatic carboxylic acids is 1. The third-order valence-corrected chi connectivity index (χ3v) is 5.51. The first-order chi connectivity index (χ1) is 11.2.